The fourth-order valence-corrected chi connectivity index (χ4v) is 1.53. The maximum Gasteiger partial charge on any atom is 0.227 e. The Kier molecular flexibility index (Phi) is 3.39. The molecule has 0 fully saturated rings. The van der Waals surface area contributed by atoms with Crippen molar-refractivity contribution < 1.29 is 4.74 Å². The fraction of sp³-hybridized carbons (Fsp3) is 0.182. The molecule has 2 rings (SSSR count). The highest BCUT2D eigenvalue weighted by Crippen LogP contribution is 2.20. The maximum absolute atomic E-state index is 5.71. The molecule has 0 aliphatic heterocycles. The van der Waals surface area contributed by atoms with Crippen molar-refractivity contribution in [2.75, 3.05) is 12.3 Å². The van der Waals surface area contributed by atoms with Gasteiger partial charge in [0.2, 0.25) is 11.2 Å². The average Bonchev–Trinajstić information content (AvgIpc) is 2.29. The highest BCUT2D eigenvalue weighted by molar-refractivity contribution is 6.28. The van der Waals surface area contributed by atoms with Gasteiger partial charge >= 0.3 is 0 Å². The average molecular weight is 251 g/mol. The molecule has 2 aromatic rings. The Hall–Kier alpha value is -1.88. The van der Waals surface area contributed by atoms with Crippen LogP contribution in [0.5, 0.6) is 5.75 Å². The van der Waals surface area contributed by atoms with Crippen LogP contribution < -0.4 is 10.5 Å². The van der Waals surface area contributed by atoms with Crippen molar-refractivity contribution in [1.29, 1.82) is 0 Å². The van der Waals surface area contributed by atoms with Gasteiger partial charge in [-0.2, -0.15) is 15.0 Å². The van der Waals surface area contributed by atoms with Crippen molar-refractivity contribution in [3.05, 3.63) is 29.5 Å². The number of benzene rings is 1. The molecule has 0 aliphatic carbocycles. The van der Waals surface area contributed by atoms with Gasteiger partial charge in [-0.1, -0.05) is 0 Å². The zero-order valence-electron chi connectivity index (χ0n) is 9.22. The second-order valence-electron chi connectivity index (χ2n) is 3.24. The topological polar surface area (TPSA) is 73.9 Å². The van der Waals surface area contributed by atoms with Crippen molar-refractivity contribution in [2.24, 2.45) is 0 Å². The zero-order chi connectivity index (χ0) is 12.3. The van der Waals surface area contributed by atoms with Crippen molar-refractivity contribution >= 4 is 17.5 Å². The van der Waals surface area contributed by atoms with Crippen LogP contribution in [0.15, 0.2) is 24.3 Å². The van der Waals surface area contributed by atoms with E-state index in [2.05, 4.69) is 15.0 Å². The number of ether oxygens (including phenoxy) is 1. The number of anilines is 1. The molecule has 0 unspecified atom stereocenters. The van der Waals surface area contributed by atoms with Gasteiger partial charge in [0.1, 0.15) is 5.75 Å². The van der Waals surface area contributed by atoms with Crippen LogP contribution in [0.4, 0.5) is 5.95 Å². The summed E-state index contributed by atoms with van der Waals surface area (Å²) in [4.78, 5) is 11.7. The van der Waals surface area contributed by atoms with Crippen molar-refractivity contribution in [1.82, 2.24) is 15.0 Å². The third kappa shape index (κ3) is 2.82. The van der Waals surface area contributed by atoms with E-state index < -0.39 is 0 Å². The van der Waals surface area contributed by atoms with Gasteiger partial charge in [-0.3, -0.25) is 0 Å². The third-order valence-corrected chi connectivity index (χ3v) is 2.22. The summed E-state index contributed by atoms with van der Waals surface area (Å²) in [6.45, 7) is 2.56. The van der Waals surface area contributed by atoms with Crippen molar-refractivity contribution in [3.63, 3.8) is 0 Å². The van der Waals surface area contributed by atoms with Crippen LogP contribution in [0, 0.1) is 0 Å². The number of nitrogens with two attached hydrogens (primary N) is 1. The Morgan fingerprint density at radius 1 is 1.18 bits per heavy atom. The quantitative estimate of drug-likeness (QED) is 0.904. The summed E-state index contributed by atoms with van der Waals surface area (Å²) in [6, 6.07) is 7.37. The molecule has 0 aliphatic rings. The number of hydrogen-bond donors (Lipinski definition) is 1. The highest BCUT2D eigenvalue weighted by atomic mass is 35.5. The molecular formula is C11H11ClN4O. The summed E-state index contributed by atoms with van der Waals surface area (Å²) in [5.74, 6) is 1.35. The summed E-state index contributed by atoms with van der Waals surface area (Å²) >= 11 is 5.71. The SMILES string of the molecule is CCOc1ccc(-c2nc(N)nc(Cl)n2)cc1. The highest BCUT2D eigenvalue weighted by Gasteiger charge is 2.05. The van der Waals surface area contributed by atoms with E-state index in [4.69, 9.17) is 22.1 Å². The molecule has 2 N–H and O–H groups in total. The number of nitrogen functional groups attached to an aromatic ring is 1. The van der Waals surface area contributed by atoms with Crippen LogP contribution in [0.25, 0.3) is 11.4 Å². The lowest BCUT2D eigenvalue weighted by atomic mass is 10.2. The predicted octanol–water partition coefficient (Wildman–Crippen LogP) is 2.17. The van der Waals surface area contributed by atoms with E-state index in [9.17, 15) is 0 Å². The van der Waals surface area contributed by atoms with Gasteiger partial charge in [0.05, 0.1) is 6.61 Å². The lowest BCUT2D eigenvalue weighted by Crippen LogP contribution is -2.00. The van der Waals surface area contributed by atoms with E-state index in [0.717, 1.165) is 11.3 Å². The molecule has 1 aromatic heterocycles. The summed E-state index contributed by atoms with van der Waals surface area (Å²) in [5, 5.41) is 0.0846. The molecule has 88 valence electrons. The van der Waals surface area contributed by atoms with E-state index in [1.54, 1.807) is 0 Å². The van der Waals surface area contributed by atoms with Gasteiger partial charge in [-0.15, -0.1) is 0 Å². The molecule has 0 atom stereocenters. The summed E-state index contributed by atoms with van der Waals surface area (Å²) in [7, 11) is 0. The maximum atomic E-state index is 5.71. The molecule has 0 radical (unpaired) electrons. The van der Waals surface area contributed by atoms with Gasteiger partial charge in [-0.25, -0.2) is 0 Å². The minimum atomic E-state index is 0.0846. The van der Waals surface area contributed by atoms with Gasteiger partial charge in [0.15, 0.2) is 5.82 Å². The van der Waals surface area contributed by atoms with Crippen LogP contribution in [0.3, 0.4) is 0 Å². The van der Waals surface area contributed by atoms with Crippen LogP contribution in [0.1, 0.15) is 6.92 Å². The van der Waals surface area contributed by atoms with E-state index in [0.29, 0.717) is 12.4 Å². The first kappa shape index (κ1) is 11.6. The van der Waals surface area contributed by atoms with Gasteiger partial charge in [0, 0.05) is 5.56 Å². The van der Waals surface area contributed by atoms with Crippen LogP contribution in [-0.2, 0) is 0 Å². The molecule has 1 heterocycles. The lowest BCUT2D eigenvalue weighted by Gasteiger charge is -2.04. The Bertz CT molecular complexity index is 495. The minimum absolute atomic E-state index is 0.0846. The van der Waals surface area contributed by atoms with E-state index in [1.807, 2.05) is 31.2 Å². The molecule has 0 saturated carbocycles. The first-order valence-electron chi connectivity index (χ1n) is 5.09. The molecule has 0 amide bonds. The van der Waals surface area contributed by atoms with Crippen molar-refractivity contribution in [3.8, 4) is 17.1 Å². The van der Waals surface area contributed by atoms with Crippen LogP contribution in [0.2, 0.25) is 5.28 Å². The molecule has 5 nitrogen and oxygen atoms in total. The van der Waals surface area contributed by atoms with Crippen LogP contribution in [-0.4, -0.2) is 21.6 Å². The monoisotopic (exact) mass is 250 g/mol. The molecular weight excluding hydrogens is 240 g/mol. The summed E-state index contributed by atoms with van der Waals surface area (Å²) in [5.41, 5.74) is 6.31. The molecule has 17 heavy (non-hydrogen) atoms. The Labute approximate surface area is 104 Å². The number of nitrogens with zero attached hydrogens (tertiary/aromatic N) is 3. The Morgan fingerprint density at radius 2 is 1.88 bits per heavy atom. The summed E-state index contributed by atoms with van der Waals surface area (Å²) in [6.07, 6.45) is 0. The van der Waals surface area contributed by atoms with Gasteiger partial charge in [0.25, 0.3) is 0 Å². The fourth-order valence-electron chi connectivity index (χ4n) is 1.36. The zero-order valence-corrected chi connectivity index (χ0v) is 9.98. The molecule has 1 aromatic carbocycles. The van der Waals surface area contributed by atoms with E-state index >= 15 is 0 Å². The smallest absolute Gasteiger partial charge is 0.227 e. The van der Waals surface area contributed by atoms with Gasteiger partial charge < -0.3 is 10.5 Å². The second-order valence-corrected chi connectivity index (χ2v) is 3.58. The number of aromatic nitrogens is 3. The standard InChI is InChI=1S/C11H11ClN4O/c1-2-17-8-5-3-7(4-6-8)9-14-10(12)16-11(13)15-9/h3-6H,2H2,1H3,(H2,13,14,15,16). The normalized spacial score (nSPS) is 10.2. The molecule has 6 heteroatoms. The molecule has 0 spiro atoms. The Morgan fingerprint density at radius 3 is 2.47 bits per heavy atom. The van der Waals surface area contributed by atoms with E-state index in [1.165, 1.54) is 0 Å². The third-order valence-electron chi connectivity index (χ3n) is 2.05. The predicted molar refractivity (Wildman–Crippen MR) is 65.9 cm³/mol. The number of halogens is 1. The molecule has 0 bridgehead atoms. The summed E-state index contributed by atoms with van der Waals surface area (Å²) < 4.78 is 5.34. The first-order chi connectivity index (χ1) is 8.19. The second kappa shape index (κ2) is 4.97. The number of rotatable bonds is 3. The first-order valence-corrected chi connectivity index (χ1v) is 5.47. The van der Waals surface area contributed by atoms with Crippen LogP contribution >= 0.6 is 11.6 Å². The van der Waals surface area contributed by atoms with E-state index in [-0.39, 0.29) is 11.2 Å². The Balaban J connectivity index is 2.32. The number of hydrogen-bond acceptors (Lipinski definition) is 5. The van der Waals surface area contributed by atoms with Crippen molar-refractivity contribution in [2.45, 2.75) is 6.92 Å². The lowest BCUT2D eigenvalue weighted by molar-refractivity contribution is 0.340. The molecule has 0 saturated heterocycles. The van der Waals surface area contributed by atoms with Gasteiger partial charge in [-0.05, 0) is 42.8 Å². The minimum Gasteiger partial charge on any atom is -0.494 e. The largest absolute Gasteiger partial charge is 0.494 e.